The Bertz CT molecular complexity index is 2220. The molecule has 55 heavy (non-hydrogen) atoms. The Morgan fingerprint density at radius 1 is 0.836 bits per heavy atom. The second-order valence-electron chi connectivity index (χ2n) is 15.8. The molecule has 3 saturated heterocycles. The average Bonchev–Trinajstić information content (AvgIpc) is 3.87. The van der Waals surface area contributed by atoms with Gasteiger partial charge in [0.15, 0.2) is 0 Å². The number of rotatable bonds is 9. The summed E-state index contributed by atoms with van der Waals surface area (Å²) in [6.45, 7) is 4.94. The van der Waals surface area contributed by atoms with Gasteiger partial charge in [-0.1, -0.05) is 18.9 Å². The van der Waals surface area contributed by atoms with Crippen LogP contribution in [0.3, 0.4) is 0 Å². The van der Waals surface area contributed by atoms with Gasteiger partial charge in [0.05, 0.1) is 4.90 Å². The number of aromatic nitrogens is 3. The number of nitrogens with one attached hydrogen (secondary N) is 2. The number of piperidine rings is 3. The molecular weight excluding hydrogens is 717 g/mol. The van der Waals surface area contributed by atoms with Crippen LogP contribution < -0.4 is 25.8 Å². The lowest BCUT2D eigenvalue weighted by molar-refractivity contribution is 0.0674. The van der Waals surface area contributed by atoms with E-state index in [0.29, 0.717) is 49.8 Å². The third kappa shape index (κ3) is 7.31. The van der Waals surface area contributed by atoms with Crippen molar-refractivity contribution in [3.8, 4) is 5.75 Å². The molecule has 4 aromatic rings. The fourth-order valence-corrected chi connectivity index (χ4v) is 10.8. The second-order valence-corrected chi connectivity index (χ2v) is 17.8. The number of carbonyl (C=O) groups is 1. The van der Waals surface area contributed by atoms with Crippen LogP contribution in [0.5, 0.6) is 5.75 Å². The maximum Gasteiger partial charge on any atom is 0.254 e. The number of fused-ring (bicyclic) bond motifs is 2. The molecule has 2 N–H and O–H groups in total. The number of anilines is 2. The normalized spacial score (nSPS) is 22.0. The lowest BCUT2D eigenvalue weighted by Gasteiger charge is -2.34. The van der Waals surface area contributed by atoms with Gasteiger partial charge < -0.3 is 25.2 Å². The predicted molar refractivity (Wildman–Crippen MR) is 211 cm³/mol. The summed E-state index contributed by atoms with van der Waals surface area (Å²) in [5.74, 6) is 1.17. The van der Waals surface area contributed by atoms with E-state index in [1.165, 1.54) is 0 Å². The number of benzene rings is 2. The fraction of sp³-hybridized carbons (Fsp3) is 0.512. The van der Waals surface area contributed by atoms with Crippen LogP contribution in [-0.2, 0) is 16.6 Å². The highest BCUT2D eigenvalue weighted by Crippen LogP contribution is 2.33. The number of pyridine rings is 1. The second kappa shape index (κ2) is 15.2. The Labute approximate surface area is 322 Å². The number of amides is 1. The first-order chi connectivity index (χ1) is 26.8. The molecule has 2 aromatic carbocycles. The molecule has 14 heteroatoms. The van der Waals surface area contributed by atoms with Gasteiger partial charge in [-0.3, -0.25) is 14.2 Å². The van der Waals surface area contributed by atoms with Crippen molar-refractivity contribution in [2.75, 3.05) is 49.5 Å². The van der Waals surface area contributed by atoms with Gasteiger partial charge in [-0.15, -0.1) is 0 Å². The Balaban J connectivity index is 0.786. The average molecular weight is 767 g/mol. The van der Waals surface area contributed by atoms with Crippen molar-refractivity contribution in [1.29, 1.82) is 0 Å². The van der Waals surface area contributed by atoms with E-state index in [1.54, 1.807) is 40.8 Å². The molecule has 13 nitrogen and oxygen atoms in total. The van der Waals surface area contributed by atoms with Gasteiger partial charge in [0.1, 0.15) is 17.5 Å². The van der Waals surface area contributed by atoms with E-state index in [4.69, 9.17) is 9.72 Å². The Kier molecular flexibility index (Phi) is 9.98. The molecular formula is C41H50N8O5S. The van der Waals surface area contributed by atoms with Crippen LogP contribution in [0.2, 0.25) is 0 Å². The minimum absolute atomic E-state index is 0.00731. The molecule has 1 aliphatic carbocycles. The first-order valence-corrected chi connectivity index (χ1v) is 21.6. The van der Waals surface area contributed by atoms with Gasteiger partial charge in [0.25, 0.3) is 11.5 Å². The smallest absolute Gasteiger partial charge is 0.254 e. The Hall–Kier alpha value is -4.53. The molecule has 0 radical (unpaired) electrons. The summed E-state index contributed by atoms with van der Waals surface area (Å²) in [5.41, 5.74) is 3.69. The molecule has 1 atom stereocenters. The van der Waals surface area contributed by atoms with Crippen molar-refractivity contribution in [1.82, 2.24) is 29.1 Å². The minimum Gasteiger partial charge on any atom is -0.490 e. The third-order valence-corrected chi connectivity index (χ3v) is 14.2. The molecule has 1 unspecified atom stereocenters. The summed E-state index contributed by atoms with van der Waals surface area (Å²) in [6, 6.07) is 17.0. The largest absolute Gasteiger partial charge is 0.490 e. The summed E-state index contributed by atoms with van der Waals surface area (Å²) in [4.78, 5) is 39.9. The predicted octanol–water partition coefficient (Wildman–Crippen LogP) is 4.93. The molecule has 9 rings (SSSR count). The molecule has 6 heterocycles. The summed E-state index contributed by atoms with van der Waals surface area (Å²) in [5, 5.41) is 7.68. The van der Waals surface area contributed by atoms with Crippen molar-refractivity contribution in [3.63, 3.8) is 0 Å². The van der Waals surface area contributed by atoms with Crippen LogP contribution in [0, 0.1) is 0 Å². The van der Waals surface area contributed by atoms with E-state index in [2.05, 4.69) is 32.7 Å². The Morgan fingerprint density at radius 3 is 2.42 bits per heavy atom. The molecule has 290 valence electrons. The van der Waals surface area contributed by atoms with E-state index in [0.717, 1.165) is 99.7 Å². The van der Waals surface area contributed by atoms with Crippen LogP contribution in [0.15, 0.2) is 70.5 Å². The molecule has 1 amide bonds. The van der Waals surface area contributed by atoms with Gasteiger partial charge in [0.2, 0.25) is 16.0 Å². The summed E-state index contributed by atoms with van der Waals surface area (Å²) < 4.78 is 37.4. The monoisotopic (exact) mass is 766 g/mol. The quantitative estimate of drug-likeness (QED) is 0.241. The number of sulfonamides is 1. The van der Waals surface area contributed by atoms with Crippen molar-refractivity contribution in [2.45, 2.75) is 99.9 Å². The maximum atomic E-state index is 13.8. The SMILES string of the molecule is O=C1c2ccc(N3CCC(Oc4cccc(S(=O)(=O)N5CCC(Nc6ncc7ccc(=O)n(C8CCCC8)c7n6)CC5)c4)CC3)cc2CN1C1CCCNC1. The topological polar surface area (TPSA) is 142 Å². The highest BCUT2D eigenvalue weighted by Gasteiger charge is 2.35. The number of hydrogen-bond donors (Lipinski definition) is 2. The van der Waals surface area contributed by atoms with E-state index in [-0.39, 0.29) is 40.6 Å². The van der Waals surface area contributed by atoms with Gasteiger partial charge >= 0.3 is 0 Å². The zero-order valence-electron chi connectivity index (χ0n) is 31.2. The van der Waals surface area contributed by atoms with Crippen LogP contribution in [0.25, 0.3) is 11.0 Å². The number of hydrogen-bond acceptors (Lipinski definition) is 10. The lowest BCUT2D eigenvalue weighted by Crippen LogP contribution is -2.46. The summed E-state index contributed by atoms with van der Waals surface area (Å²) >= 11 is 0. The number of ether oxygens (including phenoxy) is 1. The van der Waals surface area contributed by atoms with Gasteiger partial charge in [-0.25, -0.2) is 13.4 Å². The molecule has 1 saturated carbocycles. The van der Waals surface area contributed by atoms with E-state index < -0.39 is 10.0 Å². The van der Waals surface area contributed by atoms with Crippen molar-refractivity contribution in [3.05, 3.63) is 82.3 Å². The van der Waals surface area contributed by atoms with Crippen LogP contribution in [0.1, 0.15) is 86.2 Å². The third-order valence-electron chi connectivity index (χ3n) is 12.3. The van der Waals surface area contributed by atoms with Gasteiger partial charge in [-0.05, 0) is 87.0 Å². The summed E-state index contributed by atoms with van der Waals surface area (Å²) in [6.07, 6.45) is 10.9. The van der Waals surface area contributed by atoms with Crippen molar-refractivity contribution < 1.29 is 17.9 Å². The van der Waals surface area contributed by atoms with Gasteiger partial charge in [-0.2, -0.15) is 9.29 Å². The maximum absolute atomic E-state index is 13.8. The van der Waals surface area contributed by atoms with E-state index in [9.17, 15) is 18.0 Å². The molecule has 5 aliphatic rings. The molecule has 2 aromatic heterocycles. The fourth-order valence-electron chi connectivity index (χ4n) is 9.25. The van der Waals surface area contributed by atoms with Crippen LogP contribution >= 0.6 is 0 Å². The zero-order chi connectivity index (χ0) is 37.5. The minimum atomic E-state index is -3.72. The van der Waals surface area contributed by atoms with Crippen molar-refractivity contribution >= 4 is 38.6 Å². The molecule has 4 fully saturated rings. The standard InChI is InChI=1S/C41H50N8O5S/c50-38-13-10-28-25-43-41(45-39(28)49(38)31-5-1-2-6-31)44-30-14-21-47(22-15-30)55(52,53)36-9-3-8-35(24-36)54-34-16-19-46(20-17-34)32-11-12-37-29(23-32)27-48(40(37)51)33-7-4-18-42-26-33/h3,8-13,23-25,30-31,33-34,42H,1-2,4-7,14-22,26-27H2,(H,43,44,45). The zero-order valence-corrected chi connectivity index (χ0v) is 32.1. The summed E-state index contributed by atoms with van der Waals surface area (Å²) in [7, 11) is -3.72. The van der Waals surface area contributed by atoms with Gasteiger partial charge in [0, 0.05) is 105 Å². The van der Waals surface area contributed by atoms with Crippen molar-refractivity contribution in [2.24, 2.45) is 0 Å². The number of nitrogens with zero attached hydrogens (tertiary/aromatic N) is 6. The molecule has 0 spiro atoms. The Morgan fingerprint density at radius 2 is 1.64 bits per heavy atom. The first-order valence-electron chi connectivity index (χ1n) is 20.1. The number of carbonyl (C=O) groups excluding carboxylic acids is 1. The lowest BCUT2D eigenvalue weighted by atomic mass is 10.0. The highest BCUT2D eigenvalue weighted by atomic mass is 32.2. The van der Waals surface area contributed by atoms with E-state index >= 15 is 0 Å². The molecule has 0 bridgehead atoms. The van der Waals surface area contributed by atoms with Crippen LogP contribution in [-0.4, -0.2) is 95.5 Å². The molecule has 4 aliphatic heterocycles. The first kappa shape index (κ1) is 36.1. The van der Waals surface area contributed by atoms with Crippen LogP contribution in [0.4, 0.5) is 11.6 Å². The highest BCUT2D eigenvalue weighted by molar-refractivity contribution is 7.89. The van der Waals surface area contributed by atoms with E-state index in [1.807, 2.05) is 21.6 Å².